The van der Waals surface area contributed by atoms with E-state index in [-0.39, 0.29) is 26.6 Å². The van der Waals surface area contributed by atoms with E-state index < -0.39 is 22.2 Å². The van der Waals surface area contributed by atoms with Crippen LogP contribution in [0.2, 0.25) is 10.0 Å². The van der Waals surface area contributed by atoms with Gasteiger partial charge in [0.05, 0.1) is 21.1 Å². The quantitative estimate of drug-likeness (QED) is 0.323. The van der Waals surface area contributed by atoms with Gasteiger partial charge in [0.15, 0.2) is 0 Å². The molecule has 1 aliphatic heterocycles. The highest BCUT2D eigenvalue weighted by Crippen LogP contribution is 2.32. The number of aromatic amines is 1. The summed E-state index contributed by atoms with van der Waals surface area (Å²) in [5.41, 5.74) is 0.904. The van der Waals surface area contributed by atoms with Gasteiger partial charge in [-0.3, -0.25) is 10.2 Å². The summed E-state index contributed by atoms with van der Waals surface area (Å²) in [5.74, 6) is 0.149. The van der Waals surface area contributed by atoms with Crippen LogP contribution in [0.4, 0.5) is 15.5 Å². The lowest BCUT2D eigenvalue weighted by atomic mass is 10.3. The number of fused-ring (bicyclic) bond motifs is 1. The predicted octanol–water partition coefficient (Wildman–Crippen LogP) is 3.05. The Hall–Kier alpha value is -3.26. The van der Waals surface area contributed by atoms with Crippen molar-refractivity contribution in [3.8, 4) is 5.75 Å². The standard InChI is InChI=1S/C21H22Cl2N6O6S/c22-14-2-1-3-15(23)18(14)36(33,34)35-13-4-5-16-17(12-13)26-19(25-16)27-20(30)24-6-7-28-8-10-29(11-9-28)21(31)32/h1-5,12H,6-11H2,(H,31,32)(H3,24,25,26,27,30). The molecule has 0 bridgehead atoms. The lowest BCUT2D eigenvalue weighted by molar-refractivity contribution is 0.106. The maximum Gasteiger partial charge on any atom is 0.407 e. The van der Waals surface area contributed by atoms with E-state index in [9.17, 15) is 18.0 Å². The molecule has 4 N–H and O–H groups in total. The molecule has 0 aliphatic carbocycles. The summed E-state index contributed by atoms with van der Waals surface area (Å²) < 4.78 is 30.5. The van der Waals surface area contributed by atoms with Crippen LogP contribution >= 0.6 is 23.2 Å². The number of hydrogen-bond donors (Lipinski definition) is 4. The zero-order valence-corrected chi connectivity index (χ0v) is 21.0. The number of amides is 3. The van der Waals surface area contributed by atoms with Crippen LogP contribution < -0.4 is 14.8 Å². The fourth-order valence-electron chi connectivity index (χ4n) is 3.63. The molecule has 12 nitrogen and oxygen atoms in total. The molecular weight excluding hydrogens is 535 g/mol. The van der Waals surface area contributed by atoms with Crippen LogP contribution in [-0.4, -0.2) is 84.7 Å². The fourth-order valence-corrected chi connectivity index (χ4v) is 5.65. The number of benzene rings is 2. The van der Waals surface area contributed by atoms with E-state index >= 15 is 0 Å². The molecule has 15 heteroatoms. The van der Waals surface area contributed by atoms with E-state index in [1.807, 2.05) is 0 Å². The average molecular weight is 557 g/mol. The molecule has 3 amide bonds. The first-order valence-corrected chi connectivity index (χ1v) is 12.9. The van der Waals surface area contributed by atoms with E-state index in [1.54, 1.807) is 6.07 Å². The minimum atomic E-state index is -4.30. The molecule has 0 saturated carbocycles. The van der Waals surface area contributed by atoms with Crippen molar-refractivity contribution in [1.82, 2.24) is 25.1 Å². The number of imidazole rings is 1. The molecule has 1 aliphatic rings. The molecule has 1 aromatic heterocycles. The van der Waals surface area contributed by atoms with Gasteiger partial charge in [0.1, 0.15) is 10.6 Å². The third-order valence-electron chi connectivity index (χ3n) is 5.42. The third kappa shape index (κ3) is 6.10. The number of piperazine rings is 1. The second-order valence-corrected chi connectivity index (χ2v) is 10.1. The van der Waals surface area contributed by atoms with Crippen LogP contribution in [0.25, 0.3) is 11.0 Å². The Morgan fingerprint density at radius 2 is 1.81 bits per heavy atom. The zero-order chi connectivity index (χ0) is 25.9. The maximum absolute atomic E-state index is 12.7. The summed E-state index contributed by atoms with van der Waals surface area (Å²) in [6.07, 6.45) is -0.928. The van der Waals surface area contributed by atoms with Gasteiger partial charge in [-0.1, -0.05) is 29.3 Å². The van der Waals surface area contributed by atoms with Gasteiger partial charge < -0.3 is 24.5 Å². The number of rotatable bonds is 7. The van der Waals surface area contributed by atoms with Crippen molar-refractivity contribution >= 4 is 62.4 Å². The Morgan fingerprint density at radius 3 is 2.47 bits per heavy atom. The highest BCUT2D eigenvalue weighted by Gasteiger charge is 2.24. The number of carbonyl (C=O) groups excluding carboxylic acids is 1. The fraction of sp³-hybridized carbons (Fsp3) is 0.286. The van der Waals surface area contributed by atoms with Gasteiger partial charge in [-0.2, -0.15) is 8.42 Å². The monoisotopic (exact) mass is 556 g/mol. The molecule has 4 rings (SSSR count). The normalized spacial score (nSPS) is 14.6. The minimum Gasteiger partial charge on any atom is -0.465 e. The molecule has 1 fully saturated rings. The van der Waals surface area contributed by atoms with Gasteiger partial charge in [-0.25, -0.2) is 14.6 Å². The summed E-state index contributed by atoms with van der Waals surface area (Å²) in [6, 6.07) is 8.20. The molecular formula is C21H22Cl2N6O6S. The van der Waals surface area contributed by atoms with Crippen molar-refractivity contribution in [3.63, 3.8) is 0 Å². The van der Waals surface area contributed by atoms with Crippen molar-refractivity contribution in [2.45, 2.75) is 4.90 Å². The summed E-state index contributed by atoms with van der Waals surface area (Å²) in [6.45, 7) is 2.99. The molecule has 0 unspecified atom stereocenters. The van der Waals surface area contributed by atoms with Crippen molar-refractivity contribution in [2.24, 2.45) is 0 Å². The van der Waals surface area contributed by atoms with Crippen molar-refractivity contribution < 1.29 is 27.3 Å². The third-order valence-corrected chi connectivity index (χ3v) is 7.62. The van der Waals surface area contributed by atoms with Crippen LogP contribution in [-0.2, 0) is 10.1 Å². The Bertz CT molecular complexity index is 1370. The van der Waals surface area contributed by atoms with E-state index in [0.29, 0.717) is 50.3 Å². The number of carbonyl (C=O) groups is 2. The molecule has 2 aromatic carbocycles. The first-order valence-electron chi connectivity index (χ1n) is 10.8. The van der Waals surface area contributed by atoms with Crippen LogP contribution in [0.1, 0.15) is 0 Å². The summed E-state index contributed by atoms with van der Waals surface area (Å²) in [5, 5.41) is 14.2. The molecule has 36 heavy (non-hydrogen) atoms. The first kappa shape index (κ1) is 25.8. The van der Waals surface area contributed by atoms with E-state index in [2.05, 4.69) is 25.5 Å². The van der Waals surface area contributed by atoms with Gasteiger partial charge in [0, 0.05) is 45.3 Å². The lowest BCUT2D eigenvalue weighted by Crippen LogP contribution is -2.50. The summed E-state index contributed by atoms with van der Waals surface area (Å²) in [4.78, 5) is 33.4. The minimum absolute atomic E-state index is 0.0102. The van der Waals surface area contributed by atoms with Crippen molar-refractivity contribution in [3.05, 3.63) is 46.4 Å². The van der Waals surface area contributed by atoms with Gasteiger partial charge in [-0.05, 0) is 24.3 Å². The molecule has 192 valence electrons. The number of nitrogens with zero attached hydrogens (tertiary/aromatic N) is 3. The summed E-state index contributed by atoms with van der Waals surface area (Å²) in [7, 11) is -4.30. The number of carboxylic acid groups (broad SMARTS) is 1. The highest BCUT2D eigenvalue weighted by atomic mass is 35.5. The largest absolute Gasteiger partial charge is 0.465 e. The van der Waals surface area contributed by atoms with Crippen LogP contribution in [0.3, 0.4) is 0 Å². The Labute approximate surface area is 216 Å². The van der Waals surface area contributed by atoms with E-state index in [4.69, 9.17) is 32.5 Å². The smallest absolute Gasteiger partial charge is 0.407 e. The first-order chi connectivity index (χ1) is 17.1. The van der Waals surface area contributed by atoms with Crippen molar-refractivity contribution in [1.29, 1.82) is 0 Å². The zero-order valence-electron chi connectivity index (χ0n) is 18.7. The topological polar surface area (TPSA) is 157 Å². The maximum atomic E-state index is 12.7. The van der Waals surface area contributed by atoms with Crippen LogP contribution in [0.15, 0.2) is 41.3 Å². The summed E-state index contributed by atoms with van der Waals surface area (Å²) >= 11 is 12.0. The SMILES string of the molecule is O=C(NCCN1CCN(C(=O)O)CC1)Nc1nc2cc(OS(=O)(=O)c3c(Cl)cccc3Cl)ccc2[nH]1. The Balaban J connectivity index is 1.33. The van der Waals surface area contributed by atoms with Gasteiger partial charge >= 0.3 is 22.2 Å². The van der Waals surface area contributed by atoms with Crippen LogP contribution in [0.5, 0.6) is 5.75 Å². The molecule has 0 atom stereocenters. The number of nitrogens with one attached hydrogen (secondary N) is 3. The molecule has 3 aromatic rings. The predicted molar refractivity (Wildman–Crippen MR) is 133 cm³/mol. The van der Waals surface area contributed by atoms with E-state index in [0.717, 1.165) is 0 Å². The van der Waals surface area contributed by atoms with Gasteiger partial charge in [-0.15, -0.1) is 0 Å². The number of urea groups is 1. The average Bonchev–Trinajstić information content (AvgIpc) is 3.20. The molecule has 2 heterocycles. The lowest BCUT2D eigenvalue weighted by Gasteiger charge is -2.32. The molecule has 1 saturated heterocycles. The molecule has 0 radical (unpaired) electrons. The number of halogens is 2. The van der Waals surface area contributed by atoms with Gasteiger partial charge in [0.2, 0.25) is 5.95 Å². The molecule has 0 spiro atoms. The second kappa shape index (κ2) is 10.8. The number of anilines is 1. The van der Waals surface area contributed by atoms with Crippen LogP contribution in [0, 0.1) is 0 Å². The highest BCUT2D eigenvalue weighted by molar-refractivity contribution is 7.87. The Kier molecular flexibility index (Phi) is 7.73. The Morgan fingerprint density at radius 1 is 1.11 bits per heavy atom. The number of hydrogen-bond acceptors (Lipinski definition) is 7. The van der Waals surface area contributed by atoms with Crippen molar-refractivity contribution in [2.75, 3.05) is 44.6 Å². The number of aromatic nitrogens is 2. The second-order valence-electron chi connectivity index (χ2n) is 7.84. The number of H-pyrrole nitrogens is 1. The van der Waals surface area contributed by atoms with Gasteiger partial charge in [0.25, 0.3) is 0 Å². The van der Waals surface area contributed by atoms with E-state index in [1.165, 1.54) is 35.2 Å².